The molecule has 0 radical (unpaired) electrons. The number of nitrogens with zero attached hydrogens (tertiary/aromatic N) is 1. The summed E-state index contributed by atoms with van der Waals surface area (Å²) in [6.45, 7) is 4.74. The van der Waals surface area contributed by atoms with E-state index in [-0.39, 0.29) is 35.0 Å². The smallest absolute Gasteiger partial charge is 0.398 e. The van der Waals surface area contributed by atoms with Crippen LogP contribution in [0.3, 0.4) is 0 Å². The second-order valence-corrected chi connectivity index (χ2v) is 9.43. The summed E-state index contributed by atoms with van der Waals surface area (Å²) >= 11 is 0. The van der Waals surface area contributed by atoms with Gasteiger partial charge in [-0.3, -0.25) is 4.79 Å². The molecular weight excluding hydrogens is 514 g/mol. The monoisotopic (exact) mass is 541 g/mol. The van der Waals surface area contributed by atoms with Gasteiger partial charge in [-0.25, -0.2) is 9.37 Å². The van der Waals surface area contributed by atoms with Gasteiger partial charge in [-0.05, 0) is 73.3 Å². The zero-order valence-corrected chi connectivity index (χ0v) is 21.0. The van der Waals surface area contributed by atoms with Crippen molar-refractivity contribution >= 4 is 17.7 Å². The van der Waals surface area contributed by atoms with Crippen molar-refractivity contribution in [2.45, 2.75) is 24.4 Å². The van der Waals surface area contributed by atoms with Crippen molar-refractivity contribution in [2.24, 2.45) is 11.5 Å². The van der Waals surface area contributed by atoms with Crippen molar-refractivity contribution in [1.82, 2.24) is 10.3 Å². The minimum atomic E-state index is -4.78. The van der Waals surface area contributed by atoms with Gasteiger partial charge in [0.15, 0.2) is 0 Å². The van der Waals surface area contributed by atoms with E-state index < -0.39 is 35.8 Å². The zero-order chi connectivity index (χ0) is 28.5. The van der Waals surface area contributed by atoms with Gasteiger partial charge in [0.05, 0.1) is 11.1 Å². The summed E-state index contributed by atoms with van der Waals surface area (Å²) in [4.78, 5) is 17.1. The summed E-state index contributed by atoms with van der Waals surface area (Å²) in [6.07, 6.45) is -2.07. The highest BCUT2D eigenvalue weighted by atomic mass is 19.4. The summed E-state index contributed by atoms with van der Waals surface area (Å²) in [5, 5.41) is 2.35. The highest BCUT2D eigenvalue weighted by Gasteiger charge is 2.46. The highest BCUT2D eigenvalue weighted by molar-refractivity contribution is 5.95. The molecule has 0 bridgehead atoms. The van der Waals surface area contributed by atoms with Crippen molar-refractivity contribution in [1.29, 1.82) is 0 Å². The number of carbonyl (C=O) groups excluding carboxylic acids is 1. The molecule has 0 fully saturated rings. The van der Waals surface area contributed by atoms with Gasteiger partial charge in [-0.2, -0.15) is 13.2 Å². The minimum Gasteiger partial charge on any atom is -0.490 e. The average Bonchev–Trinajstić information content (AvgIpc) is 3.23. The van der Waals surface area contributed by atoms with Crippen LogP contribution in [0.15, 0.2) is 67.0 Å². The average molecular weight is 542 g/mol. The number of hydrogen-bond donors (Lipinski definition) is 4. The molecule has 2 heterocycles. The van der Waals surface area contributed by atoms with Crippen molar-refractivity contribution < 1.29 is 27.1 Å². The lowest BCUT2D eigenvalue weighted by molar-refractivity contribution is -0.149. The Balaban J connectivity index is 1.76. The van der Waals surface area contributed by atoms with Gasteiger partial charge >= 0.3 is 6.18 Å². The van der Waals surface area contributed by atoms with E-state index in [1.807, 2.05) is 0 Å². The number of benzene rings is 2. The lowest BCUT2D eigenvalue weighted by atomic mass is 9.80. The molecule has 0 saturated heterocycles. The molecule has 7 nitrogen and oxygen atoms in total. The molecule has 3 aromatic rings. The topological polar surface area (TPSA) is 129 Å². The summed E-state index contributed by atoms with van der Waals surface area (Å²) < 4.78 is 62.7. The number of nitrogens with one attached hydrogen (secondary N) is 1. The third kappa shape index (κ3) is 5.38. The van der Waals surface area contributed by atoms with Crippen LogP contribution in [0.25, 0.3) is 17.3 Å². The van der Waals surface area contributed by atoms with Gasteiger partial charge in [0.2, 0.25) is 0 Å². The van der Waals surface area contributed by atoms with Crippen LogP contribution in [0.4, 0.5) is 23.2 Å². The highest BCUT2D eigenvalue weighted by Crippen LogP contribution is 2.48. The number of pyridine rings is 1. The van der Waals surface area contributed by atoms with Crippen LogP contribution in [0.1, 0.15) is 40.0 Å². The standard InChI is InChI=1S/C28H27F4N5O2/c1-15(34)27(2)14-39-25-20(27)12-23(37-24(25)16-3-6-19(29)7-4-16)21(28(30,31)32)13-36-26(38)18-5-8-22(35)17(11-18)9-10-33/h3-12,21H,1,13-14,33-35H2,2H3,(H,36,38)/b10-9-/t21?,27-/m1/s1. The number of nitrogen functional groups attached to an aromatic ring is 1. The molecule has 39 heavy (non-hydrogen) atoms. The fourth-order valence-electron chi connectivity index (χ4n) is 4.30. The van der Waals surface area contributed by atoms with Crippen molar-refractivity contribution in [2.75, 3.05) is 18.9 Å². The van der Waals surface area contributed by atoms with E-state index >= 15 is 0 Å². The Morgan fingerprint density at radius 2 is 1.92 bits per heavy atom. The minimum absolute atomic E-state index is 0.0428. The predicted molar refractivity (Wildman–Crippen MR) is 141 cm³/mol. The van der Waals surface area contributed by atoms with Crippen LogP contribution >= 0.6 is 0 Å². The first-order valence-corrected chi connectivity index (χ1v) is 11.9. The number of nitrogens with two attached hydrogens (primary N) is 3. The summed E-state index contributed by atoms with van der Waals surface area (Å²) in [5.41, 5.74) is 17.9. The molecule has 4 rings (SSSR count). The van der Waals surface area contributed by atoms with E-state index in [1.165, 1.54) is 60.8 Å². The molecule has 2 atom stereocenters. The van der Waals surface area contributed by atoms with E-state index in [0.717, 1.165) is 0 Å². The molecule has 1 aliphatic rings. The fraction of sp³-hybridized carbons (Fsp3) is 0.214. The first-order valence-electron chi connectivity index (χ1n) is 11.9. The number of hydrogen-bond acceptors (Lipinski definition) is 6. The summed E-state index contributed by atoms with van der Waals surface area (Å²) in [5.74, 6) is -3.19. The molecule has 0 saturated carbocycles. The Hall–Kier alpha value is -4.54. The number of halogens is 4. The number of aromatic nitrogens is 1. The van der Waals surface area contributed by atoms with E-state index in [2.05, 4.69) is 16.9 Å². The SMILES string of the molecule is C=C(N)[C@@]1(C)COc2c1cc(C(CNC(=O)c1ccc(N)c(/C=C\N)c1)C(F)(F)F)nc2-c1ccc(F)cc1. The molecule has 2 aromatic carbocycles. The lowest BCUT2D eigenvalue weighted by Crippen LogP contribution is -2.36. The van der Waals surface area contributed by atoms with Gasteiger partial charge in [-0.15, -0.1) is 0 Å². The van der Waals surface area contributed by atoms with E-state index in [0.29, 0.717) is 22.4 Å². The number of amides is 1. The second-order valence-electron chi connectivity index (χ2n) is 9.43. The molecule has 1 aromatic heterocycles. The molecule has 204 valence electrons. The Morgan fingerprint density at radius 3 is 2.54 bits per heavy atom. The van der Waals surface area contributed by atoms with Crippen LogP contribution in [0, 0.1) is 5.82 Å². The largest absolute Gasteiger partial charge is 0.490 e. The van der Waals surface area contributed by atoms with Crippen LogP contribution in [0.2, 0.25) is 0 Å². The summed E-state index contributed by atoms with van der Waals surface area (Å²) in [6, 6.07) is 10.7. The number of rotatable bonds is 7. The molecule has 7 N–H and O–H groups in total. The zero-order valence-electron chi connectivity index (χ0n) is 21.0. The second kappa shape index (κ2) is 10.3. The van der Waals surface area contributed by atoms with Gasteiger partial charge in [0.1, 0.15) is 29.8 Å². The first kappa shape index (κ1) is 27.5. The molecular formula is C28H27F4N5O2. The van der Waals surface area contributed by atoms with Gasteiger partial charge in [0.25, 0.3) is 5.91 Å². The van der Waals surface area contributed by atoms with Crippen molar-refractivity contribution in [3.63, 3.8) is 0 Å². The Kier molecular flexibility index (Phi) is 7.27. The number of anilines is 1. The Labute approximate surface area is 222 Å². The third-order valence-electron chi connectivity index (χ3n) is 6.76. The number of carbonyl (C=O) groups is 1. The third-order valence-corrected chi connectivity index (χ3v) is 6.76. The van der Waals surface area contributed by atoms with Crippen LogP contribution in [-0.4, -0.2) is 30.2 Å². The first-order chi connectivity index (χ1) is 18.3. The lowest BCUT2D eigenvalue weighted by Gasteiger charge is -2.25. The quantitative estimate of drug-likeness (QED) is 0.256. The van der Waals surface area contributed by atoms with E-state index in [4.69, 9.17) is 21.9 Å². The van der Waals surface area contributed by atoms with Crippen LogP contribution in [0.5, 0.6) is 5.75 Å². The van der Waals surface area contributed by atoms with Crippen molar-refractivity contribution in [3.8, 4) is 17.0 Å². The maximum Gasteiger partial charge on any atom is 0.398 e. The van der Waals surface area contributed by atoms with Gasteiger partial charge in [0, 0.05) is 34.6 Å². The molecule has 1 amide bonds. The molecule has 0 aliphatic carbocycles. The molecule has 11 heteroatoms. The maximum atomic E-state index is 14.4. The van der Waals surface area contributed by atoms with E-state index in [1.54, 1.807) is 6.92 Å². The summed E-state index contributed by atoms with van der Waals surface area (Å²) in [7, 11) is 0. The maximum absolute atomic E-state index is 14.4. The normalized spacial score (nSPS) is 17.5. The molecule has 0 spiro atoms. The van der Waals surface area contributed by atoms with Crippen LogP contribution in [-0.2, 0) is 5.41 Å². The Morgan fingerprint density at radius 1 is 1.23 bits per heavy atom. The van der Waals surface area contributed by atoms with Gasteiger partial charge in [-0.1, -0.05) is 6.58 Å². The number of alkyl halides is 3. The van der Waals surface area contributed by atoms with Crippen molar-refractivity contribution in [3.05, 3.63) is 95.2 Å². The number of fused-ring (bicyclic) bond motifs is 1. The van der Waals surface area contributed by atoms with E-state index in [9.17, 15) is 22.4 Å². The van der Waals surface area contributed by atoms with Gasteiger partial charge < -0.3 is 27.3 Å². The van der Waals surface area contributed by atoms with Crippen LogP contribution < -0.4 is 27.3 Å². The fourth-order valence-corrected chi connectivity index (χ4v) is 4.30. The molecule has 1 aliphatic heterocycles. The predicted octanol–water partition coefficient (Wildman–Crippen LogP) is 4.60. The Bertz CT molecular complexity index is 1450. The molecule has 1 unspecified atom stereocenters. The number of ether oxygens (including phenoxy) is 1.